The van der Waals surface area contributed by atoms with Crippen LogP contribution in [0, 0.1) is 6.92 Å². The number of carbonyl (C=O) groups is 1. The van der Waals surface area contributed by atoms with Gasteiger partial charge in [-0.15, -0.1) is 0 Å². The predicted molar refractivity (Wildman–Crippen MR) is 97.3 cm³/mol. The number of rotatable bonds is 4. The highest BCUT2D eigenvalue weighted by atomic mass is 16.5. The van der Waals surface area contributed by atoms with Crippen LogP contribution in [0.15, 0.2) is 6.07 Å². The van der Waals surface area contributed by atoms with Gasteiger partial charge in [0.15, 0.2) is 5.69 Å². The lowest BCUT2D eigenvalue weighted by Gasteiger charge is -2.47. The van der Waals surface area contributed by atoms with Gasteiger partial charge in [0.2, 0.25) is 5.95 Å². The highest BCUT2D eigenvalue weighted by Crippen LogP contribution is 2.38. The molecule has 2 saturated heterocycles. The van der Waals surface area contributed by atoms with Crippen LogP contribution >= 0.6 is 0 Å². The molecule has 0 amide bonds. The minimum absolute atomic E-state index is 0.135. The molecule has 26 heavy (non-hydrogen) atoms. The fourth-order valence-electron chi connectivity index (χ4n) is 3.96. The zero-order chi connectivity index (χ0) is 18.7. The number of carbonyl (C=O) groups excluding carboxylic acids is 1. The third kappa shape index (κ3) is 4.15. The van der Waals surface area contributed by atoms with Crippen molar-refractivity contribution in [2.75, 3.05) is 24.6 Å². The molecule has 1 aromatic heterocycles. The summed E-state index contributed by atoms with van der Waals surface area (Å²) in [7, 11) is 0. The summed E-state index contributed by atoms with van der Waals surface area (Å²) in [6, 6.07) is 1.65. The van der Waals surface area contributed by atoms with E-state index in [0.717, 1.165) is 44.5 Å². The summed E-state index contributed by atoms with van der Waals surface area (Å²) in [5.74, 6) is 0.142. The molecule has 0 bridgehead atoms. The number of aliphatic hydroxyl groups is 1. The number of piperidine rings is 1. The maximum absolute atomic E-state index is 12.0. The van der Waals surface area contributed by atoms with Gasteiger partial charge in [0.1, 0.15) is 0 Å². The number of aromatic nitrogens is 2. The summed E-state index contributed by atoms with van der Waals surface area (Å²) in [6.45, 7) is 7.54. The fraction of sp³-hybridized carbons (Fsp3) is 0.737. The van der Waals surface area contributed by atoms with Crippen molar-refractivity contribution in [3.63, 3.8) is 0 Å². The first-order chi connectivity index (χ1) is 12.4. The van der Waals surface area contributed by atoms with E-state index in [4.69, 9.17) is 9.47 Å². The normalized spacial score (nSPS) is 25.3. The molecule has 2 aliphatic heterocycles. The standard InChI is InChI=1S/C19H29N3O4/c1-4-15-11-14(23)12-19(26-15)6-8-22(9-7-19)18-20-13(3)10-16(21-18)17(24)25-5-2/h10,14-15,23H,4-9,11-12H2,1-3H3/t14-,15+/m1/s1. The Labute approximate surface area is 154 Å². The maximum Gasteiger partial charge on any atom is 0.357 e. The van der Waals surface area contributed by atoms with Crippen LogP contribution in [0.2, 0.25) is 0 Å². The van der Waals surface area contributed by atoms with Gasteiger partial charge in [-0.3, -0.25) is 0 Å². The molecule has 0 saturated carbocycles. The number of nitrogens with zero attached hydrogens (tertiary/aromatic N) is 3. The van der Waals surface area contributed by atoms with Crippen LogP contribution < -0.4 is 4.90 Å². The van der Waals surface area contributed by atoms with E-state index in [1.807, 2.05) is 6.92 Å². The fourth-order valence-corrected chi connectivity index (χ4v) is 3.96. The second-order valence-corrected chi connectivity index (χ2v) is 7.33. The van der Waals surface area contributed by atoms with Gasteiger partial charge in [-0.25, -0.2) is 14.8 Å². The average molecular weight is 363 g/mol. The van der Waals surface area contributed by atoms with Crippen molar-refractivity contribution in [2.24, 2.45) is 0 Å². The van der Waals surface area contributed by atoms with Gasteiger partial charge >= 0.3 is 5.97 Å². The van der Waals surface area contributed by atoms with Crippen LogP contribution in [-0.4, -0.2) is 58.5 Å². The molecule has 2 fully saturated rings. The Morgan fingerprint density at radius 2 is 2.12 bits per heavy atom. The molecule has 7 heteroatoms. The number of ether oxygens (including phenoxy) is 2. The van der Waals surface area contributed by atoms with E-state index in [0.29, 0.717) is 24.7 Å². The third-order valence-electron chi connectivity index (χ3n) is 5.30. The van der Waals surface area contributed by atoms with E-state index in [1.54, 1.807) is 13.0 Å². The molecule has 2 aliphatic rings. The van der Waals surface area contributed by atoms with Gasteiger partial charge in [0, 0.05) is 25.2 Å². The molecular formula is C19H29N3O4. The Morgan fingerprint density at radius 3 is 2.77 bits per heavy atom. The first-order valence-corrected chi connectivity index (χ1v) is 9.58. The van der Waals surface area contributed by atoms with Crippen LogP contribution in [0.4, 0.5) is 5.95 Å². The van der Waals surface area contributed by atoms with Gasteiger partial charge < -0.3 is 19.5 Å². The van der Waals surface area contributed by atoms with Crippen LogP contribution in [0.25, 0.3) is 0 Å². The average Bonchev–Trinajstić information content (AvgIpc) is 2.61. The molecule has 1 spiro atoms. The maximum atomic E-state index is 12.0. The first kappa shape index (κ1) is 19.0. The molecular weight excluding hydrogens is 334 g/mol. The monoisotopic (exact) mass is 363 g/mol. The lowest BCUT2D eigenvalue weighted by atomic mass is 9.81. The SMILES string of the molecule is CCOC(=O)c1cc(C)nc(N2CCC3(CC2)C[C@H](O)C[C@H](CC)O3)n1. The van der Waals surface area contributed by atoms with Crippen molar-refractivity contribution in [1.82, 2.24) is 9.97 Å². The first-order valence-electron chi connectivity index (χ1n) is 9.58. The van der Waals surface area contributed by atoms with E-state index in [1.165, 1.54) is 0 Å². The Kier molecular flexibility index (Phi) is 5.77. The lowest BCUT2D eigenvalue weighted by Crippen LogP contribution is -2.53. The molecule has 0 aromatic carbocycles. The van der Waals surface area contributed by atoms with Crippen LogP contribution in [-0.2, 0) is 9.47 Å². The predicted octanol–water partition coefficient (Wildman–Crippen LogP) is 2.25. The summed E-state index contributed by atoms with van der Waals surface area (Å²) < 4.78 is 11.4. The highest BCUT2D eigenvalue weighted by Gasteiger charge is 2.43. The number of aliphatic hydroxyl groups excluding tert-OH is 1. The Bertz CT molecular complexity index is 644. The molecule has 144 valence electrons. The van der Waals surface area contributed by atoms with Crippen molar-refractivity contribution in [2.45, 2.75) is 70.7 Å². The number of hydrogen-bond acceptors (Lipinski definition) is 7. The van der Waals surface area contributed by atoms with Crippen molar-refractivity contribution < 1.29 is 19.4 Å². The quantitative estimate of drug-likeness (QED) is 0.821. The minimum atomic E-state index is -0.419. The summed E-state index contributed by atoms with van der Waals surface area (Å²) >= 11 is 0. The summed E-state index contributed by atoms with van der Waals surface area (Å²) in [6.07, 6.45) is 3.85. The smallest absolute Gasteiger partial charge is 0.357 e. The zero-order valence-electron chi connectivity index (χ0n) is 15.9. The van der Waals surface area contributed by atoms with E-state index in [-0.39, 0.29) is 17.8 Å². The molecule has 0 unspecified atom stereocenters. The Morgan fingerprint density at radius 1 is 1.38 bits per heavy atom. The molecule has 1 N–H and O–H groups in total. The van der Waals surface area contributed by atoms with Crippen LogP contribution in [0.1, 0.15) is 62.1 Å². The number of esters is 1. The third-order valence-corrected chi connectivity index (χ3v) is 5.30. The topological polar surface area (TPSA) is 84.8 Å². The Hall–Kier alpha value is -1.73. The van der Waals surface area contributed by atoms with Gasteiger partial charge in [0.05, 0.1) is 24.4 Å². The second-order valence-electron chi connectivity index (χ2n) is 7.33. The van der Waals surface area contributed by atoms with E-state index >= 15 is 0 Å². The van der Waals surface area contributed by atoms with Gasteiger partial charge in [0.25, 0.3) is 0 Å². The van der Waals surface area contributed by atoms with Crippen molar-refractivity contribution in [1.29, 1.82) is 0 Å². The van der Waals surface area contributed by atoms with Crippen molar-refractivity contribution in [3.8, 4) is 0 Å². The van der Waals surface area contributed by atoms with Crippen molar-refractivity contribution >= 4 is 11.9 Å². The van der Waals surface area contributed by atoms with E-state index in [2.05, 4.69) is 21.8 Å². The zero-order valence-corrected chi connectivity index (χ0v) is 15.9. The van der Waals surface area contributed by atoms with Gasteiger partial charge in [-0.1, -0.05) is 6.92 Å². The van der Waals surface area contributed by atoms with Gasteiger partial charge in [-0.2, -0.15) is 0 Å². The highest BCUT2D eigenvalue weighted by molar-refractivity contribution is 5.87. The molecule has 7 nitrogen and oxygen atoms in total. The number of anilines is 1. The van der Waals surface area contributed by atoms with E-state index in [9.17, 15) is 9.90 Å². The summed E-state index contributed by atoms with van der Waals surface area (Å²) in [5.41, 5.74) is 0.793. The second kappa shape index (κ2) is 7.88. The number of hydrogen-bond donors (Lipinski definition) is 1. The molecule has 1 aromatic rings. The molecule has 3 heterocycles. The number of aryl methyl sites for hydroxylation is 1. The van der Waals surface area contributed by atoms with Crippen LogP contribution in [0.3, 0.4) is 0 Å². The van der Waals surface area contributed by atoms with Crippen LogP contribution in [0.5, 0.6) is 0 Å². The van der Waals surface area contributed by atoms with Gasteiger partial charge in [-0.05, 0) is 45.6 Å². The molecule has 3 rings (SSSR count). The van der Waals surface area contributed by atoms with E-state index < -0.39 is 5.97 Å². The molecule has 2 atom stereocenters. The van der Waals surface area contributed by atoms with Crippen molar-refractivity contribution in [3.05, 3.63) is 17.5 Å². The minimum Gasteiger partial charge on any atom is -0.461 e. The summed E-state index contributed by atoms with van der Waals surface area (Å²) in [5, 5.41) is 10.2. The Balaban J connectivity index is 1.71. The molecule has 0 radical (unpaired) electrons. The molecule has 0 aliphatic carbocycles. The largest absolute Gasteiger partial charge is 0.461 e. The summed E-state index contributed by atoms with van der Waals surface area (Å²) in [4.78, 5) is 23.0. The lowest BCUT2D eigenvalue weighted by molar-refractivity contribution is -0.171.